The largest absolute Gasteiger partial charge is 0.493 e. The van der Waals surface area contributed by atoms with Gasteiger partial charge in [-0.25, -0.2) is 19.3 Å². The second-order valence-electron chi connectivity index (χ2n) is 11.8. The number of halogens is 1. The minimum atomic E-state index is -0.578. The van der Waals surface area contributed by atoms with Crippen LogP contribution in [-0.4, -0.2) is 56.2 Å². The molecule has 4 heterocycles. The Kier molecular flexibility index (Phi) is 8.22. The third kappa shape index (κ3) is 5.95. The van der Waals surface area contributed by atoms with Crippen molar-refractivity contribution < 1.29 is 23.3 Å². The summed E-state index contributed by atoms with van der Waals surface area (Å²) < 4.78 is 41.9. The minimum absolute atomic E-state index is 0.251. The van der Waals surface area contributed by atoms with Gasteiger partial charge in [-0.2, -0.15) is 0 Å². The molecule has 1 N–H and O–H groups in total. The van der Waals surface area contributed by atoms with Crippen molar-refractivity contribution in [2.75, 3.05) is 17.7 Å². The van der Waals surface area contributed by atoms with Crippen LogP contribution in [0.15, 0.2) is 66.1 Å². The number of anilines is 1. The van der Waals surface area contributed by atoms with Crippen molar-refractivity contribution in [3.63, 3.8) is 0 Å². The van der Waals surface area contributed by atoms with Crippen molar-refractivity contribution in [3.8, 4) is 5.75 Å². The zero-order chi connectivity index (χ0) is 29.3. The first-order valence-corrected chi connectivity index (χ1v) is 16.0. The predicted octanol–water partition coefficient (Wildman–Crippen LogP) is 6.53. The van der Waals surface area contributed by atoms with Gasteiger partial charge in [0.25, 0.3) is 0 Å². The molecular formula is C32H36FN5O4S. The lowest BCUT2D eigenvalue weighted by molar-refractivity contribution is -0.143. The molecule has 0 amide bonds. The summed E-state index contributed by atoms with van der Waals surface area (Å²) in [6.45, 7) is 4.89. The fourth-order valence-electron chi connectivity index (χ4n) is 5.98. The molecule has 0 radical (unpaired) electrons. The highest BCUT2D eigenvalue weighted by molar-refractivity contribution is 7.99. The Morgan fingerprint density at radius 2 is 1.79 bits per heavy atom. The van der Waals surface area contributed by atoms with Gasteiger partial charge in [-0.3, -0.25) is 4.57 Å². The molecule has 2 aromatic carbocycles. The highest BCUT2D eigenvalue weighted by Crippen LogP contribution is 2.46. The van der Waals surface area contributed by atoms with Gasteiger partial charge in [0.05, 0.1) is 19.0 Å². The van der Waals surface area contributed by atoms with Gasteiger partial charge in [0.2, 0.25) is 0 Å². The average Bonchev–Trinajstić information content (AvgIpc) is 3.81. The van der Waals surface area contributed by atoms with Gasteiger partial charge >= 0.3 is 0 Å². The number of ether oxygens (including phenoxy) is 4. The van der Waals surface area contributed by atoms with E-state index in [1.54, 1.807) is 24.8 Å². The third-order valence-electron chi connectivity index (χ3n) is 8.15. The normalized spacial score (nSPS) is 25.5. The van der Waals surface area contributed by atoms with Crippen molar-refractivity contribution in [2.45, 2.75) is 81.3 Å². The maximum absolute atomic E-state index is 14.4. The Bertz CT molecular complexity index is 1550. The summed E-state index contributed by atoms with van der Waals surface area (Å²) in [6, 6.07) is 15.0. The molecular weight excluding hydrogens is 569 g/mol. The van der Waals surface area contributed by atoms with Crippen LogP contribution < -0.4 is 10.1 Å². The van der Waals surface area contributed by atoms with Crippen LogP contribution in [0.3, 0.4) is 0 Å². The highest BCUT2D eigenvalue weighted by Gasteiger charge is 2.54. The van der Waals surface area contributed by atoms with Crippen molar-refractivity contribution in [1.82, 2.24) is 19.5 Å². The molecule has 3 aliphatic rings. The first-order valence-electron chi connectivity index (χ1n) is 15.0. The van der Waals surface area contributed by atoms with E-state index >= 15 is 0 Å². The summed E-state index contributed by atoms with van der Waals surface area (Å²) in [4.78, 5) is 14.4. The Hall–Kier alpha value is -3.25. The zero-order valence-corrected chi connectivity index (χ0v) is 25.1. The Morgan fingerprint density at radius 3 is 2.58 bits per heavy atom. The van der Waals surface area contributed by atoms with Crippen LogP contribution in [0.25, 0.3) is 11.2 Å². The van der Waals surface area contributed by atoms with Gasteiger partial charge < -0.3 is 24.3 Å². The summed E-state index contributed by atoms with van der Waals surface area (Å²) in [5.41, 5.74) is 2.26. The molecule has 1 saturated carbocycles. The molecule has 9 nitrogen and oxygen atoms in total. The Morgan fingerprint density at radius 1 is 1.00 bits per heavy atom. The SMILES string of the molecule is CC(C)COc1ccc(C2O[C@@H]3[C@@H](CSc4ccccc4F)OC(n4cnc5c(NC6CCCC6)ncnc54)[C@@H]3O2)cc1. The number of benzene rings is 2. The molecule has 0 spiro atoms. The lowest BCUT2D eigenvalue weighted by atomic mass is 10.1. The number of rotatable bonds is 10. The first kappa shape index (κ1) is 28.5. The van der Waals surface area contributed by atoms with Crippen molar-refractivity contribution in [2.24, 2.45) is 5.92 Å². The number of aromatic nitrogens is 4. The van der Waals surface area contributed by atoms with E-state index in [-0.39, 0.29) is 18.0 Å². The van der Waals surface area contributed by atoms with Gasteiger partial charge in [-0.05, 0) is 43.0 Å². The summed E-state index contributed by atoms with van der Waals surface area (Å²) in [5, 5.41) is 3.56. The molecule has 4 aromatic rings. The number of thioether (sulfide) groups is 1. The molecule has 11 heteroatoms. The second kappa shape index (κ2) is 12.4. The van der Waals surface area contributed by atoms with Gasteiger partial charge in [0.15, 0.2) is 29.5 Å². The Balaban J connectivity index is 1.15. The number of imidazole rings is 1. The number of fused-ring (bicyclic) bond motifs is 2. The van der Waals surface area contributed by atoms with E-state index in [0.717, 1.165) is 30.0 Å². The molecule has 2 unspecified atom stereocenters. The standard InChI is InChI=1S/C32H36FN5O4S/c1-19(2)15-39-22-13-11-20(12-14-22)32-41-27-24(16-43-25-10-6-5-9-23(25)33)40-31(28(27)42-32)38-18-36-26-29(34-17-35-30(26)38)37-21-7-3-4-8-21/h5-6,9-14,17-19,21,24,27-28,31-32H,3-4,7-8,15-16H2,1-2H3,(H,34,35,37)/t24-,27-,28-,31?,32?/m1/s1. The van der Waals surface area contributed by atoms with E-state index in [1.807, 2.05) is 34.9 Å². The fourth-order valence-corrected chi connectivity index (χ4v) is 6.97. The van der Waals surface area contributed by atoms with Gasteiger partial charge in [0, 0.05) is 22.3 Å². The summed E-state index contributed by atoms with van der Waals surface area (Å²) >= 11 is 1.41. The molecule has 3 fully saturated rings. The van der Waals surface area contributed by atoms with Gasteiger partial charge in [0.1, 0.15) is 30.1 Å². The van der Waals surface area contributed by atoms with Crippen LogP contribution in [0.4, 0.5) is 10.2 Å². The topological polar surface area (TPSA) is 92.6 Å². The number of nitrogens with one attached hydrogen (secondary N) is 1. The first-order chi connectivity index (χ1) is 21.0. The van der Waals surface area contributed by atoms with E-state index in [1.165, 1.54) is 30.7 Å². The van der Waals surface area contributed by atoms with Crippen LogP contribution >= 0.6 is 11.8 Å². The lowest BCUT2D eigenvalue weighted by Crippen LogP contribution is -2.30. The minimum Gasteiger partial charge on any atom is -0.493 e. The van der Waals surface area contributed by atoms with E-state index in [0.29, 0.717) is 40.4 Å². The molecule has 226 valence electrons. The molecule has 0 bridgehead atoms. The maximum atomic E-state index is 14.4. The van der Waals surface area contributed by atoms with Crippen LogP contribution in [0.2, 0.25) is 0 Å². The summed E-state index contributed by atoms with van der Waals surface area (Å²) in [5.74, 6) is 2.23. The number of hydrogen-bond donors (Lipinski definition) is 1. The van der Waals surface area contributed by atoms with E-state index < -0.39 is 18.6 Å². The molecule has 7 rings (SSSR count). The molecule has 2 aromatic heterocycles. The molecule has 43 heavy (non-hydrogen) atoms. The highest BCUT2D eigenvalue weighted by atomic mass is 32.2. The number of nitrogens with zero attached hydrogens (tertiary/aromatic N) is 4. The fraction of sp³-hybridized carbons (Fsp3) is 0.469. The van der Waals surface area contributed by atoms with E-state index in [4.69, 9.17) is 23.9 Å². The van der Waals surface area contributed by atoms with Crippen LogP contribution in [0.1, 0.15) is 57.6 Å². The lowest BCUT2D eigenvalue weighted by Gasteiger charge is -2.21. The summed E-state index contributed by atoms with van der Waals surface area (Å²) in [6.07, 6.45) is 5.73. The van der Waals surface area contributed by atoms with Crippen molar-refractivity contribution in [3.05, 3.63) is 72.6 Å². The van der Waals surface area contributed by atoms with Crippen LogP contribution in [-0.2, 0) is 14.2 Å². The molecule has 2 saturated heterocycles. The van der Waals surface area contributed by atoms with Crippen LogP contribution in [0.5, 0.6) is 5.75 Å². The maximum Gasteiger partial charge on any atom is 0.185 e. The van der Waals surface area contributed by atoms with Gasteiger partial charge in [-0.15, -0.1) is 11.8 Å². The zero-order valence-electron chi connectivity index (χ0n) is 24.3. The van der Waals surface area contributed by atoms with E-state index in [2.05, 4.69) is 29.1 Å². The Labute approximate surface area is 254 Å². The van der Waals surface area contributed by atoms with Crippen molar-refractivity contribution >= 4 is 28.7 Å². The average molecular weight is 606 g/mol. The number of hydrogen-bond acceptors (Lipinski definition) is 9. The quantitative estimate of drug-likeness (QED) is 0.203. The monoisotopic (exact) mass is 605 g/mol. The van der Waals surface area contributed by atoms with E-state index in [9.17, 15) is 4.39 Å². The smallest absolute Gasteiger partial charge is 0.185 e. The van der Waals surface area contributed by atoms with Gasteiger partial charge in [-0.1, -0.05) is 51.0 Å². The van der Waals surface area contributed by atoms with Crippen molar-refractivity contribution in [1.29, 1.82) is 0 Å². The molecule has 2 aliphatic heterocycles. The molecule has 1 aliphatic carbocycles. The third-order valence-corrected chi connectivity index (χ3v) is 9.29. The van der Waals surface area contributed by atoms with Crippen LogP contribution in [0, 0.1) is 11.7 Å². The summed E-state index contributed by atoms with van der Waals surface area (Å²) in [7, 11) is 0. The predicted molar refractivity (Wildman–Crippen MR) is 161 cm³/mol. The second-order valence-corrected chi connectivity index (χ2v) is 12.8. The molecule has 5 atom stereocenters.